The van der Waals surface area contributed by atoms with Gasteiger partial charge in [-0.25, -0.2) is 8.42 Å². The van der Waals surface area contributed by atoms with Crippen molar-refractivity contribution in [1.82, 2.24) is 9.19 Å². The van der Waals surface area contributed by atoms with Crippen LogP contribution >= 0.6 is 15.9 Å². The van der Waals surface area contributed by atoms with Crippen molar-refractivity contribution in [3.63, 3.8) is 0 Å². The maximum absolute atomic E-state index is 10.8. The molecular formula is C5H7BrN2O2S. The van der Waals surface area contributed by atoms with Gasteiger partial charge in [-0.3, -0.25) is 0 Å². The second-order valence-corrected chi connectivity index (χ2v) is 4.48. The average molecular weight is 239 g/mol. The van der Waals surface area contributed by atoms with Crippen molar-refractivity contribution in [2.24, 2.45) is 0 Å². The zero-order valence-corrected chi connectivity index (χ0v) is 8.26. The molecule has 0 aromatic carbocycles. The molecule has 0 fully saturated rings. The summed E-state index contributed by atoms with van der Waals surface area (Å²) in [6.45, 7) is 0. The summed E-state index contributed by atoms with van der Waals surface area (Å²) in [7, 11) is -3.21. The number of aromatic nitrogens is 2. The Morgan fingerprint density at radius 3 is 2.64 bits per heavy atom. The maximum Gasteiger partial charge on any atom is 0.250 e. The molecule has 1 heterocycles. The highest BCUT2D eigenvalue weighted by molar-refractivity contribution is 9.08. The van der Waals surface area contributed by atoms with E-state index < -0.39 is 10.0 Å². The predicted molar refractivity (Wildman–Crippen MR) is 45.1 cm³/mol. The lowest BCUT2D eigenvalue weighted by Crippen LogP contribution is -2.10. The first-order chi connectivity index (χ1) is 5.04. The van der Waals surface area contributed by atoms with Crippen LogP contribution in [0.5, 0.6) is 0 Å². The Morgan fingerprint density at radius 1 is 1.73 bits per heavy atom. The van der Waals surface area contributed by atoms with E-state index in [4.69, 9.17) is 0 Å². The highest BCUT2D eigenvalue weighted by atomic mass is 79.9. The van der Waals surface area contributed by atoms with Gasteiger partial charge in [-0.05, 0) is 6.07 Å². The van der Waals surface area contributed by atoms with Gasteiger partial charge in [0.15, 0.2) is 0 Å². The Labute approximate surface area is 73.4 Å². The van der Waals surface area contributed by atoms with Crippen molar-refractivity contribution in [3.8, 4) is 0 Å². The standard InChI is InChI=1S/C5H7BrN2O2S/c1-11(9,10)8-3-2-5(4-6)7-8/h2-3H,4H2,1H3. The van der Waals surface area contributed by atoms with E-state index in [0.717, 1.165) is 10.3 Å². The van der Waals surface area contributed by atoms with Crippen LogP contribution in [0.1, 0.15) is 5.69 Å². The normalized spacial score (nSPS) is 11.8. The van der Waals surface area contributed by atoms with Crippen LogP contribution in [0.2, 0.25) is 0 Å². The minimum absolute atomic E-state index is 0.565. The summed E-state index contributed by atoms with van der Waals surface area (Å²) in [6.07, 6.45) is 2.53. The quantitative estimate of drug-likeness (QED) is 0.709. The number of halogens is 1. The molecule has 1 rings (SSSR count). The van der Waals surface area contributed by atoms with E-state index >= 15 is 0 Å². The fourth-order valence-electron chi connectivity index (χ4n) is 0.599. The van der Waals surface area contributed by atoms with Gasteiger partial charge in [-0.15, -0.1) is 0 Å². The van der Waals surface area contributed by atoms with E-state index in [1.807, 2.05) is 0 Å². The maximum atomic E-state index is 10.8. The van der Waals surface area contributed by atoms with E-state index in [1.165, 1.54) is 6.20 Å². The number of alkyl halides is 1. The third-order valence-electron chi connectivity index (χ3n) is 1.10. The molecule has 0 atom stereocenters. The lowest BCUT2D eigenvalue weighted by molar-refractivity contribution is 0.586. The number of rotatable bonds is 2. The van der Waals surface area contributed by atoms with Crippen molar-refractivity contribution in [2.75, 3.05) is 6.26 Å². The number of nitrogens with zero attached hydrogens (tertiary/aromatic N) is 2. The lowest BCUT2D eigenvalue weighted by atomic mass is 10.5. The molecule has 0 spiro atoms. The summed E-state index contributed by atoms with van der Waals surface area (Å²) in [5, 5.41) is 4.35. The molecule has 0 aliphatic heterocycles. The van der Waals surface area contributed by atoms with Crippen LogP contribution < -0.4 is 0 Å². The number of hydrogen-bond acceptors (Lipinski definition) is 3. The summed E-state index contributed by atoms with van der Waals surface area (Å²) in [6, 6.07) is 1.65. The Balaban J connectivity index is 3.09. The molecule has 4 nitrogen and oxygen atoms in total. The van der Waals surface area contributed by atoms with Gasteiger partial charge in [0.25, 0.3) is 10.0 Å². The first-order valence-corrected chi connectivity index (χ1v) is 5.82. The smallest absolute Gasteiger partial charge is 0.205 e. The van der Waals surface area contributed by atoms with Gasteiger partial charge in [0.05, 0.1) is 11.9 Å². The van der Waals surface area contributed by atoms with Crippen LogP contribution in [0.3, 0.4) is 0 Å². The summed E-state index contributed by atoms with van der Waals surface area (Å²) in [5.41, 5.74) is 0.704. The van der Waals surface area contributed by atoms with Gasteiger partial charge in [0, 0.05) is 11.5 Å². The predicted octanol–water partition coefficient (Wildman–Crippen LogP) is 0.586. The molecule has 0 saturated carbocycles. The molecule has 0 bridgehead atoms. The van der Waals surface area contributed by atoms with Gasteiger partial charge in [0.2, 0.25) is 0 Å². The van der Waals surface area contributed by atoms with Gasteiger partial charge >= 0.3 is 0 Å². The van der Waals surface area contributed by atoms with Crippen molar-refractivity contribution in [2.45, 2.75) is 5.33 Å². The van der Waals surface area contributed by atoms with E-state index in [1.54, 1.807) is 6.07 Å². The van der Waals surface area contributed by atoms with Crippen molar-refractivity contribution in [3.05, 3.63) is 18.0 Å². The fraction of sp³-hybridized carbons (Fsp3) is 0.400. The largest absolute Gasteiger partial charge is 0.250 e. The summed E-state index contributed by atoms with van der Waals surface area (Å²) < 4.78 is 22.6. The van der Waals surface area contributed by atoms with Gasteiger partial charge in [-0.2, -0.15) is 9.19 Å². The second-order valence-electron chi connectivity index (χ2n) is 2.08. The van der Waals surface area contributed by atoms with Crippen LogP contribution in [-0.4, -0.2) is 23.9 Å². The Bertz CT molecular complexity index is 343. The minimum Gasteiger partial charge on any atom is -0.205 e. The molecular weight excluding hydrogens is 232 g/mol. The molecule has 0 saturated heterocycles. The number of hydrogen-bond donors (Lipinski definition) is 0. The topological polar surface area (TPSA) is 52.0 Å². The molecule has 0 radical (unpaired) electrons. The molecule has 0 aliphatic rings. The highest BCUT2D eigenvalue weighted by Crippen LogP contribution is 2.02. The monoisotopic (exact) mass is 238 g/mol. The molecule has 1 aromatic heterocycles. The fourth-order valence-corrected chi connectivity index (χ4v) is 1.43. The molecule has 0 amide bonds. The van der Waals surface area contributed by atoms with E-state index in [-0.39, 0.29) is 0 Å². The molecule has 1 aromatic rings. The lowest BCUT2D eigenvalue weighted by Gasteiger charge is -1.93. The third-order valence-corrected chi connectivity index (χ3v) is 2.56. The minimum atomic E-state index is -3.21. The van der Waals surface area contributed by atoms with E-state index in [9.17, 15) is 8.42 Å². The first-order valence-electron chi connectivity index (χ1n) is 2.85. The molecule has 0 N–H and O–H groups in total. The molecule has 62 valence electrons. The SMILES string of the molecule is CS(=O)(=O)n1ccc(CBr)n1. The van der Waals surface area contributed by atoms with E-state index in [2.05, 4.69) is 21.0 Å². The first kappa shape index (κ1) is 8.73. The highest BCUT2D eigenvalue weighted by Gasteiger charge is 2.05. The van der Waals surface area contributed by atoms with Crippen molar-refractivity contribution >= 4 is 26.0 Å². The summed E-state index contributed by atoms with van der Waals surface area (Å²) in [4.78, 5) is 0. The van der Waals surface area contributed by atoms with Crippen LogP contribution in [0.25, 0.3) is 0 Å². The average Bonchev–Trinajstić information content (AvgIpc) is 2.32. The zero-order chi connectivity index (χ0) is 8.48. The Morgan fingerprint density at radius 2 is 2.36 bits per heavy atom. The Kier molecular flexibility index (Phi) is 2.34. The van der Waals surface area contributed by atoms with Crippen LogP contribution in [-0.2, 0) is 15.4 Å². The molecule has 0 aliphatic carbocycles. The van der Waals surface area contributed by atoms with Gasteiger partial charge in [0.1, 0.15) is 0 Å². The molecule has 11 heavy (non-hydrogen) atoms. The molecule has 0 unspecified atom stereocenters. The third kappa shape index (κ3) is 2.03. The van der Waals surface area contributed by atoms with Crippen molar-refractivity contribution in [1.29, 1.82) is 0 Å². The van der Waals surface area contributed by atoms with Gasteiger partial charge < -0.3 is 0 Å². The van der Waals surface area contributed by atoms with Gasteiger partial charge in [-0.1, -0.05) is 15.9 Å². The second kappa shape index (κ2) is 2.94. The molecule has 6 heteroatoms. The van der Waals surface area contributed by atoms with Crippen molar-refractivity contribution < 1.29 is 8.42 Å². The van der Waals surface area contributed by atoms with Crippen LogP contribution in [0.15, 0.2) is 12.3 Å². The van der Waals surface area contributed by atoms with E-state index in [0.29, 0.717) is 11.0 Å². The van der Waals surface area contributed by atoms with Crippen LogP contribution in [0, 0.1) is 0 Å². The van der Waals surface area contributed by atoms with Crippen LogP contribution in [0.4, 0.5) is 0 Å². The zero-order valence-electron chi connectivity index (χ0n) is 5.86. The Hall–Kier alpha value is -0.360. The summed E-state index contributed by atoms with van der Waals surface area (Å²) >= 11 is 3.17. The summed E-state index contributed by atoms with van der Waals surface area (Å²) in [5.74, 6) is 0.